The van der Waals surface area contributed by atoms with E-state index in [1.54, 1.807) is 7.11 Å². The third-order valence-electron chi connectivity index (χ3n) is 4.04. The molecule has 0 amide bonds. The minimum Gasteiger partial charge on any atom is -0.494 e. The summed E-state index contributed by atoms with van der Waals surface area (Å²) in [5.41, 5.74) is 3.53. The highest BCUT2D eigenvalue weighted by atomic mass is 16.5. The number of hydrogen-bond donors (Lipinski definition) is 0. The Morgan fingerprint density at radius 1 is 1.30 bits per heavy atom. The summed E-state index contributed by atoms with van der Waals surface area (Å²) in [5.74, 6) is 0.851. The van der Waals surface area contributed by atoms with E-state index < -0.39 is 0 Å². The van der Waals surface area contributed by atoms with Crippen molar-refractivity contribution in [2.45, 2.75) is 13.3 Å². The summed E-state index contributed by atoms with van der Waals surface area (Å²) in [6.45, 7) is 2.16. The topological polar surface area (TPSA) is 34.5 Å². The molecule has 0 spiro atoms. The quantitative estimate of drug-likeness (QED) is 0.789. The number of ether oxygens (including phenoxy) is 1. The maximum absolute atomic E-state index is 5.44. The Morgan fingerprint density at radius 3 is 3.05 bits per heavy atom. The number of allylic oxidation sites excluding steroid dienone is 3. The molecule has 1 aromatic heterocycles. The second kappa shape index (κ2) is 4.04. The van der Waals surface area contributed by atoms with Crippen LogP contribution in [-0.2, 0) is 4.74 Å². The first-order valence-electron chi connectivity index (χ1n) is 6.70. The van der Waals surface area contributed by atoms with Gasteiger partial charge in [-0.1, -0.05) is 6.08 Å². The van der Waals surface area contributed by atoms with E-state index in [0.29, 0.717) is 0 Å². The van der Waals surface area contributed by atoms with Crippen LogP contribution in [0.5, 0.6) is 0 Å². The van der Waals surface area contributed by atoms with Crippen molar-refractivity contribution in [1.29, 1.82) is 0 Å². The Kier molecular flexibility index (Phi) is 2.30. The number of methoxy groups -OCH3 is 1. The van der Waals surface area contributed by atoms with E-state index >= 15 is 0 Å². The highest BCUT2D eigenvalue weighted by Crippen LogP contribution is 2.28. The van der Waals surface area contributed by atoms with Crippen LogP contribution in [-0.4, -0.2) is 12.1 Å². The van der Waals surface area contributed by atoms with Crippen molar-refractivity contribution in [2.24, 2.45) is 4.99 Å². The van der Waals surface area contributed by atoms with Crippen LogP contribution in [0.2, 0.25) is 0 Å². The Balaban J connectivity index is 2.20. The van der Waals surface area contributed by atoms with Gasteiger partial charge in [0.05, 0.1) is 12.5 Å². The van der Waals surface area contributed by atoms with Crippen LogP contribution in [0.15, 0.2) is 53.1 Å². The normalized spacial score (nSPS) is 16.2. The van der Waals surface area contributed by atoms with Gasteiger partial charge in [0.2, 0.25) is 0 Å². The summed E-state index contributed by atoms with van der Waals surface area (Å²) in [7, 11) is 1.70. The lowest BCUT2D eigenvalue weighted by atomic mass is 9.97. The molecule has 3 nitrogen and oxygen atoms in total. The summed E-state index contributed by atoms with van der Waals surface area (Å²) in [6, 6.07) is 4.19. The minimum atomic E-state index is 0.851. The lowest BCUT2D eigenvalue weighted by Crippen LogP contribution is -2.26. The zero-order valence-electron chi connectivity index (χ0n) is 11.5. The fourth-order valence-electron chi connectivity index (χ4n) is 3.11. The molecular weight excluding hydrogens is 248 g/mol. The van der Waals surface area contributed by atoms with Crippen LogP contribution in [0.4, 0.5) is 0 Å². The van der Waals surface area contributed by atoms with E-state index in [-0.39, 0.29) is 0 Å². The number of nitrogens with zero attached hydrogens (tertiary/aromatic N) is 2. The van der Waals surface area contributed by atoms with E-state index in [0.717, 1.165) is 28.6 Å². The summed E-state index contributed by atoms with van der Waals surface area (Å²) in [6.07, 6.45) is 8.80. The first-order valence-corrected chi connectivity index (χ1v) is 6.70. The molecule has 0 bridgehead atoms. The SMILES string of the molecule is COC1=C2N=c3cc4cnccc4c(C)c3=C2CC=C1. The van der Waals surface area contributed by atoms with Crippen LogP contribution in [0, 0.1) is 6.92 Å². The predicted octanol–water partition coefficient (Wildman–Crippen LogP) is 2.15. The molecule has 3 heteroatoms. The molecule has 0 radical (unpaired) electrons. The molecular formula is C17H14N2O. The largest absolute Gasteiger partial charge is 0.494 e. The van der Waals surface area contributed by atoms with Gasteiger partial charge in [0.1, 0.15) is 11.5 Å². The fraction of sp³-hybridized carbons (Fsp3) is 0.176. The minimum absolute atomic E-state index is 0.851. The number of benzene rings is 1. The van der Waals surface area contributed by atoms with Gasteiger partial charge in [-0.25, -0.2) is 4.99 Å². The molecule has 4 rings (SSSR count). The fourth-order valence-corrected chi connectivity index (χ4v) is 3.11. The average Bonchev–Trinajstić information content (AvgIpc) is 2.85. The number of pyridine rings is 1. The maximum Gasteiger partial charge on any atom is 0.144 e. The maximum atomic E-state index is 5.44. The van der Waals surface area contributed by atoms with Gasteiger partial charge in [0.15, 0.2) is 0 Å². The summed E-state index contributed by atoms with van der Waals surface area (Å²) in [5, 5.41) is 4.68. The molecule has 0 atom stereocenters. The second-order valence-corrected chi connectivity index (χ2v) is 5.11. The van der Waals surface area contributed by atoms with Gasteiger partial charge >= 0.3 is 0 Å². The van der Waals surface area contributed by atoms with Crippen molar-refractivity contribution in [3.8, 4) is 0 Å². The molecule has 0 saturated carbocycles. The number of aromatic nitrogens is 1. The number of hydrogen-bond acceptors (Lipinski definition) is 3. The summed E-state index contributed by atoms with van der Waals surface area (Å²) < 4.78 is 5.44. The Morgan fingerprint density at radius 2 is 2.20 bits per heavy atom. The first-order chi connectivity index (χ1) is 9.79. The van der Waals surface area contributed by atoms with E-state index in [2.05, 4.69) is 30.1 Å². The molecule has 1 aliphatic carbocycles. The molecule has 1 aromatic carbocycles. The van der Waals surface area contributed by atoms with Gasteiger partial charge in [-0.3, -0.25) is 4.98 Å². The van der Waals surface area contributed by atoms with Crippen molar-refractivity contribution < 1.29 is 4.74 Å². The molecule has 0 unspecified atom stereocenters. The van der Waals surface area contributed by atoms with Gasteiger partial charge < -0.3 is 4.74 Å². The second-order valence-electron chi connectivity index (χ2n) is 5.11. The Labute approximate surface area is 116 Å². The van der Waals surface area contributed by atoms with Gasteiger partial charge in [0.25, 0.3) is 0 Å². The van der Waals surface area contributed by atoms with Crippen LogP contribution in [0.25, 0.3) is 16.3 Å². The Bertz CT molecular complexity index is 920. The predicted molar refractivity (Wildman–Crippen MR) is 78.5 cm³/mol. The molecule has 0 fully saturated rings. The van der Waals surface area contributed by atoms with Gasteiger partial charge in [-0.2, -0.15) is 0 Å². The molecule has 0 N–H and O–H groups in total. The lowest BCUT2D eigenvalue weighted by molar-refractivity contribution is 0.302. The number of aryl methyl sites for hydroxylation is 1. The van der Waals surface area contributed by atoms with Crippen molar-refractivity contribution in [3.63, 3.8) is 0 Å². The smallest absolute Gasteiger partial charge is 0.144 e. The van der Waals surface area contributed by atoms with Gasteiger partial charge in [-0.05, 0) is 48.1 Å². The summed E-state index contributed by atoms with van der Waals surface area (Å²) in [4.78, 5) is 8.98. The number of rotatable bonds is 1. The monoisotopic (exact) mass is 262 g/mol. The molecule has 2 aliphatic rings. The zero-order chi connectivity index (χ0) is 13.7. The van der Waals surface area contributed by atoms with E-state index in [1.807, 2.05) is 18.5 Å². The molecule has 0 saturated heterocycles. The molecule has 1 aliphatic heterocycles. The third-order valence-corrected chi connectivity index (χ3v) is 4.04. The summed E-state index contributed by atoms with van der Waals surface area (Å²) >= 11 is 0. The standard InChI is InChI=1S/C17H14N2O/c1-10-12-6-7-18-9-11(12)8-14-16(10)13-4-3-5-15(20-2)17(13)19-14/h3,5-9H,4H2,1-2H3. The van der Waals surface area contributed by atoms with Crippen LogP contribution in [0.3, 0.4) is 0 Å². The zero-order valence-corrected chi connectivity index (χ0v) is 11.5. The number of fused-ring (bicyclic) bond motifs is 3. The van der Waals surface area contributed by atoms with E-state index in [1.165, 1.54) is 21.7 Å². The highest BCUT2D eigenvalue weighted by molar-refractivity contribution is 5.87. The first kappa shape index (κ1) is 11.4. The Hall–Kier alpha value is -2.42. The molecule has 98 valence electrons. The molecule has 2 heterocycles. The van der Waals surface area contributed by atoms with Crippen molar-refractivity contribution in [2.75, 3.05) is 7.11 Å². The van der Waals surface area contributed by atoms with E-state index in [4.69, 9.17) is 9.73 Å². The van der Waals surface area contributed by atoms with Crippen molar-refractivity contribution in [1.82, 2.24) is 4.98 Å². The highest BCUT2D eigenvalue weighted by Gasteiger charge is 2.21. The van der Waals surface area contributed by atoms with Crippen LogP contribution < -0.4 is 10.6 Å². The van der Waals surface area contributed by atoms with Crippen molar-refractivity contribution in [3.05, 3.63) is 64.3 Å². The van der Waals surface area contributed by atoms with Gasteiger partial charge in [0, 0.05) is 23.0 Å². The molecule has 2 aromatic rings. The van der Waals surface area contributed by atoms with Crippen LogP contribution >= 0.6 is 0 Å². The molecule has 20 heavy (non-hydrogen) atoms. The van der Waals surface area contributed by atoms with Crippen LogP contribution in [0.1, 0.15) is 12.0 Å². The van der Waals surface area contributed by atoms with E-state index in [9.17, 15) is 0 Å². The third kappa shape index (κ3) is 1.40. The lowest BCUT2D eigenvalue weighted by Gasteiger charge is -2.11. The average molecular weight is 262 g/mol. The van der Waals surface area contributed by atoms with Gasteiger partial charge in [-0.15, -0.1) is 0 Å². The van der Waals surface area contributed by atoms with Crippen molar-refractivity contribution >= 4 is 16.3 Å².